The van der Waals surface area contributed by atoms with Gasteiger partial charge in [-0.2, -0.15) is 5.10 Å². The fraction of sp³-hybridized carbons (Fsp3) is 0.154. The summed E-state index contributed by atoms with van der Waals surface area (Å²) in [5.74, 6) is -0.626. The fourth-order valence-corrected chi connectivity index (χ4v) is 2.09. The van der Waals surface area contributed by atoms with Gasteiger partial charge in [0.1, 0.15) is 18.8 Å². The summed E-state index contributed by atoms with van der Waals surface area (Å²) in [6.07, 6.45) is 0.229. The lowest BCUT2D eigenvalue weighted by atomic mass is 10.3. The molecule has 0 saturated heterocycles. The van der Waals surface area contributed by atoms with Crippen molar-refractivity contribution in [1.29, 1.82) is 0 Å². The summed E-state index contributed by atoms with van der Waals surface area (Å²) < 4.78 is 33.5. The minimum Gasteiger partial charge on any atom is -0.445 e. The van der Waals surface area contributed by atoms with Crippen LogP contribution in [0.1, 0.15) is 0 Å². The van der Waals surface area contributed by atoms with Crippen molar-refractivity contribution in [2.45, 2.75) is 6.54 Å². The summed E-state index contributed by atoms with van der Waals surface area (Å²) in [7, 11) is 0. The number of aromatic nitrogens is 3. The van der Waals surface area contributed by atoms with E-state index in [1.807, 2.05) is 0 Å². The molecule has 0 aliphatic heterocycles. The highest BCUT2D eigenvalue weighted by Crippen LogP contribution is 2.17. The number of carbonyl (C=O) groups is 1. The van der Waals surface area contributed by atoms with E-state index in [-0.39, 0.29) is 24.1 Å². The molecule has 7 nitrogen and oxygen atoms in total. The van der Waals surface area contributed by atoms with E-state index in [0.29, 0.717) is 4.47 Å². The van der Waals surface area contributed by atoms with Gasteiger partial charge in [0.2, 0.25) is 0 Å². The highest BCUT2D eigenvalue weighted by molar-refractivity contribution is 9.10. The molecule has 2 rings (SSSR count). The maximum Gasteiger partial charge on any atom is 0.404 e. The summed E-state index contributed by atoms with van der Waals surface area (Å²) in [5.41, 5.74) is 4.08. The van der Waals surface area contributed by atoms with Crippen LogP contribution >= 0.6 is 15.9 Å². The molecule has 1 aromatic heterocycles. The van der Waals surface area contributed by atoms with Crippen molar-refractivity contribution >= 4 is 22.0 Å². The van der Waals surface area contributed by atoms with E-state index in [1.54, 1.807) is 6.07 Å². The zero-order valence-corrected chi connectivity index (χ0v) is 13.2. The maximum absolute atomic E-state index is 13.9. The van der Waals surface area contributed by atoms with Gasteiger partial charge in [-0.15, -0.1) is 0 Å². The van der Waals surface area contributed by atoms with Crippen LogP contribution in [0.2, 0.25) is 0 Å². The highest BCUT2D eigenvalue weighted by atomic mass is 79.9. The van der Waals surface area contributed by atoms with E-state index in [0.717, 1.165) is 15.6 Å². The van der Waals surface area contributed by atoms with E-state index >= 15 is 0 Å². The number of ether oxygens (including phenoxy) is 1. The van der Waals surface area contributed by atoms with Crippen LogP contribution in [-0.2, 0) is 11.3 Å². The molecule has 2 N–H and O–H groups in total. The molecule has 0 aliphatic rings. The predicted molar refractivity (Wildman–Crippen MR) is 80.2 cm³/mol. The molecular weight excluding hydrogens is 378 g/mol. The zero-order valence-electron chi connectivity index (χ0n) is 11.6. The van der Waals surface area contributed by atoms with Gasteiger partial charge in [-0.25, -0.2) is 27.6 Å². The largest absolute Gasteiger partial charge is 0.445 e. The second-order valence-electron chi connectivity index (χ2n) is 4.41. The lowest BCUT2D eigenvalue weighted by Crippen LogP contribution is -2.26. The Morgan fingerprint density at radius 1 is 1.48 bits per heavy atom. The topological polar surface area (TPSA) is 92.1 Å². The van der Waals surface area contributed by atoms with Crippen LogP contribution in [0.15, 0.2) is 45.7 Å². The van der Waals surface area contributed by atoms with Crippen LogP contribution < -0.4 is 11.4 Å². The zero-order chi connectivity index (χ0) is 17.0. The molecule has 23 heavy (non-hydrogen) atoms. The van der Waals surface area contributed by atoms with Crippen molar-refractivity contribution in [2.75, 3.05) is 6.61 Å². The Labute approximate surface area is 137 Å². The molecule has 0 unspecified atom stereocenters. The van der Waals surface area contributed by atoms with Crippen LogP contribution in [0.25, 0.3) is 5.69 Å². The van der Waals surface area contributed by atoms with Crippen molar-refractivity contribution in [3.05, 3.63) is 57.2 Å². The third-order valence-corrected chi connectivity index (χ3v) is 3.30. The number of nitrogens with zero attached hydrogens (tertiary/aromatic N) is 3. The minimum absolute atomic E-state index is 0.00335. The summed E-state index contributed by atoms with van der Waals surface area (Å²) in [6.45, 7) is -0.689. The lowest BCUT2D eigenvalue weighted by Gasteiger charge is -2.05. The van der Waals surface area contributed by atoms with Crippen molar-refractivity contribution in [3.8, 4) is 5.69 Å². The summed E-state index contributed by atoms with van der Waals surface area (Å²) in [5, 5.41) is 3.78. The van der Waals surface area contributed by atoms with Crippen molar-refractivity contribution in [2.24, 2.45) is 5.73 Å². The molecule has 1 heterocycles. The van der Waals surface area contributed by atoms with Gasteiger partial charge in [-0.1, -0.05) is 15.9 Å². The van der Waals surface area contributed by atoms with Crippen molar-refractivity contribution in [1.82, 2.24) is 14.3 Å². The number of hydrogen-bond donors (Lipinski definition) is 1. The van der Waals surface area contributed by atoms with Gasteiger partial charge in [0.05, 0.1) is 18.6 Å². The first-order valence-corrected chi connectivity index (χ1v) is 7.02. The third-order valence-electron chi connectivity index (χ3n) is 2.81. The first-order chi connectivity index (χ1) is 10.9. The van der Waals surface area contributed by atoms with E-state index in [4.69, 9.17) is 5.73 Å². The van der Waals surface area contributed by atoms with Gasteiger partial charge in [-0.3, -0.25) is 0 Å². The third kappa shape index (κ3) is 4.03. The lowest BCUT2D eigenvalue weighted by molar-refractivity contribution is 0.164. The van der Waals surface area contributed by atoms with Gasteiger partial charge in [0.15, 0.2) is 0 Å². The monoisotopic (exact) mass is 388 g/mol. The van der Waals surface area contributed by atoms with E-state index in [2.05, 4.69) is 25.8 Å². The summed E-state index contributed by atoms with van der Waals surface area (Å²) in [4.78, 5) is 22.7. The van der Waals surface area contributed by atoms with Gasteiger partial charge in [-0.05, 0) is 18.2 Å². The van der Waals surface area contributed by atoms with Crippen LogP contribution in [0.5, 0.6) is 0 Å². The summed E-state index contributed by atoms with van der Waals surface area (Å²) in [6, 6.07) is 4.16. The van der Waals surface area contributed by atoms with Crippen LogP contribution in [0, 0.1) is 5.82 Å². The van der Waals surface area contributed by atoms with E-state index in [9.17, 15) is 18.4 Å². The minimum atomic E-state index is -1.07. The normalized spacial score (nSPS) is 11.5. The average molecular weight is 389 g/mol. The Morgan fingerprint density at radius 3 is 2.83 bits per heavy atom. The molecule has 0 atom stereocenters. The molecule has 1 aromatic carbocycles. The smallest absolute Gasteiger partial charge is 0.404 e. The number of halogens is 3. The number of primary amides is 1. The molecule has 2 aromatic rings. The van der Waals surface area contributed by atoms with Gasteiger partial charge >= 0.3 is 11.8 Å². The van der Waals surface area contributed by atoms with Crippen molar-refractivity contribution < 1.29 is 18.3 Å². The Hall–Kier alpha value is -2.49. The Morgan fingerprint density at radius 2 is 2.22 bits per heavy atom. The molecular formula is C13H11BrF2N4O3. The number of amides is 1. The number of hydrogen-bond acceptors (Lipinski definition) is 4. The van der Waals surface area contributed by atoms with Gasteiger partial charge < -0.3 is 10.5 Å². The van der Waals surface area contributed by atoms with Crippen molar-refractivity contribution in [3.63, 3.8) is 0 Å². The molecule has 0 aliphatic carbocycles. The Kier molecular flexibility index (Phi) is 5.27. The average Bonchev–Trinajstić information content (AvgIpc) is 2.84. The first-order valence-electron chi connectivity index (χ1n) is 6.22. The molecule has 122 valence electrons. The van der Waals surface area contributed by atoms with Crippen LogP contribution in [0.3, 0.4) is 0 Å². The molecule has 0 fully saturated rings. The molecule has 1 amide bonds. The molecule has 0 saturated carbocycles. The summed E-state index contributed by atoms with van der Waals surface area (Å²) >= 11 is 3.11. The van der Waals surface area contributed by atoms with E-state index < -0.39 is 24.2 Å². The fourth-order valence-electron chi connectivity index (χ4n) is 1.76. The number of carbonyl (C=O) groups excluding carboxylic acids is 1. The Balaban J connectivity index is 2.25. The molecule has 0 spiro atoms. The second kappa shape index (κ2) is 7.18. The van der Waals surface area contributed by atoms with Gasteiger partial charge in [0, 0.05) is 10.0 Å². The van der Waals surface area contributed by atoms with Crippen LogP contribution in [0.4, 0.5) is 13.6 Å². The molecule has 10 heteroatoms. The number of benzene rings is 1. The standard InChI is InChI=1S/C13H11BrF2N4O3/c14-9-1-2-11(10(16)3-9)19-7-18-20(13(19)22)5-8(4-15)6-23-12(17)21/h1-4,7H,5-6H2,(H2,17,21)/b8-4+. The second-order valence-corrected chi connectivity index (χ2v) is 5.33. The quantitative estimate of drug-likeness (QED) is 0.846. The van der Waals surface area contributed by atoms with E-state index in [1.165, 1.54) is 12.1 Å². The maximum atomic E-state index is 13.9. The number of rotatable bonds is 5. The first kappa shape index (κ1) is 16.9. The Bertz CT molecular complexity index is 816. The number of nitrogens with two attached hydrogens (primary N) is 1. The highest BCUT2D eigenvalue weighted by Gasteiger charge is 2.13. The molecule has 0 bridgehead atoms. The molecule has 0 radical (unpaired) electrons. The van der Waals surface area contributed by atoms with Gasteiger partial charge in [0.25, 0.3) is 0 Å². The SMILES string of the molecule is NC(=O)OC/C(=C/F)Cn1ncn(-c2ccc(Br)cc2F)c1=O. The van der Waals surface area contributed by atoms with Crippen LogP contribution in [-0.4, -0.2) is 27.0 Å². The predicted octanol–water partition coefficient (Wildman–Crippen LogP) is 1.88.